The number of carbonyl (C=O) groups excluding carboxylic acids is 3. The summed E-state index contributed by atoms with van der Waals surface area (Å²) in [6, 6.07) is 4.77. The lowest BCUT2D eigenvalue weighted by Crippen LogP contribution is -2.71. The van der Waals surface area contributed by atoms with E-state index in [0.29, 0.717) is 34.7 Å². The van der Waals surface area contributed by atoms with Crippen molar-refractivity contribution in [3.8, 4) is 10.6 Å². The summed E-state index contributed by atoms with van der Waals surface area (Å²) in [6.07, 6.45) is 1.63. The van der Waals surface area contributed by atoms with Crippen molar-refractivity contribution in [2.75, 3.05) is 6.61 Å². The second-order valence-corrected chi connectivity index (χ2v) is 10.4. The zero-order valence-corrected chi connectivity index (χ0v) is 21.4. The molecule has 0 unspecified atom stereocenters. The van der Waals surface area contributed by atoms with E-state index in [2.05, 4.69) is 16.9 Å². The average molecular weight is 527 g/mol. The van der Waals surface area contributed by atoms with Crippen LogP contribution >= 0.6 is 11.3 Å². The van der Waals surface area contributed by atoms with Crippen LogP contribution in [0.15, 0.2) is 48.0 Å². The molecule has 11 nitrogen and oxygen atoms in total. The molecular formula is C25H26N4O7S. The first-order chi connectivity index (χ1) is 17.5. The van der Waals surface area contributed by atoms with Crippen LogP contribution in [0.2, 0.25) is 0 Å². The molecule has 12 heteroatoms. The number of ether oxygens (including phenoxy) is 2. The van der Waals surface area contributed by atoms with Crippen LogP contribution in [-0.2, 0) is 19.1 Å². The summed E-state index contributed by atoms with van der Waals surface area (Å²) >= 11 is 1.32. The number of nitro groups is 1. The predicted molar refractivity (Wildman–Crippen MR) is 135 cm³/mol. The molecule has 2 amide bonds. The Morgan fingerprint density at radius 2 is 2.03 bits per heavy atom. The number of thiazole rings is 1. The third-order valence-electron chi connectivity index (χ3n) is 5.77. The highest BCUT2D eigenvalue weighted by Crippen LogP contribution is 2.42. The number of esters is 1. The SMILES string of the molecule is C=CCOC(=O)C1=C(c2csc(-c3ccc([N+](=O)[O-])cc3)n2)CC[C@@H]2[C@H](NC(=O)OC(C)(C)C)C(=O)N12. The number of carbonyl (C=O) groups is 3. The molecule has 1 aromatic carbocycles. The number of hydrogen-bond acceptors (Lipinski definition) is 9. The lowest BCUT2D eigenvalue weighted by Gasteiger charge is -2.50. The van der Waals surface area contributed by atoms with Gasteiger partial charge in [0.15, 0.2) is 0 Å². The molecule has 1 fully saturated rings. The molecule has 1 saturated heterocycles. The number of benzene rings is 1. The Balaban J connectivity index is 1.62. The molecule has 0 radical (unpaired) electrons. The highest BCUT2D eigenvalue weighted by atomic mass is 32.1. The Morgan fingerprint density at radius 1 is 1.32 bits per heavy atom. The summed E-state index contributed by atoms with van der Waals surface area (Å²) in [5, 5.41) is 15.9. The van der Waals surface area contributed by atoms with Crippen LogP contribution < -0.4 is 5.32 Å². The molecule has 0 saturated carbocycles. The van der Waals surface area contributed by atoms with Gasteiger partial charge in [0, 0.05) is 28.6 Å². The summed E-state index contributed by atoms with van der Waals surface area (Å²) in [7, 11) is 0. The molecular weight excluding hydrogens is 500 g/mol. The van der Waals surface area contributed by atoms with E-state index in [1.807, 2.05) is 0 Å². The van der Waals surface area contributed by atoms with Gasteiger partial charge < -0.3 is 14.8 Å². The second-order valence-electron chi connectivity index (χ2n) is 9.49. The zero-order chi connectivity index (χ0) is 26.9. The number of aromatic nitrogens is 1. The fourth-order valence-electron chi connectivity index (χ4n) is 4.21. The minimum absolute atomic E-state index is 0.0281. The van der Waals surface area contributed by atoms with Crippen LogP contribution in [0.25, 0.3) is 16.1 Å². The number of hydrogen-bond donors (Lipinski definition) is 1. The number of nitro benzene ring substituents is 1. The average Bonchev–Trinajstić information content (AvgIpc) is 3.34. The van der Waals surface area contributed by atoms with Gasteiger partial charge in [0.25, 0.3) is 11.6 Å². The van der Waals surface area contributed by atoms with Gasteiger partial charge in [-0.2, -0.15) is 0 Å². The minimum Gasteiger partial charge on any atom is -0.457 e. The molecule has 2 atom stereocenters. The highest BCUT2D eigenvalue weighted by Gasteiger charge is 2.54. The summed E-state index contributed by atoms with van der Waals surface area (Å²) in [5.41, 5.74) is 1.10. The highest BCUT2D eigenvalue weighted by molar-refractivity contribution is 7.13. The Labute approximate surface area is 216 Å². The lowest BCUT2D eigenvalue weighted by molar-refractivity contribution is -0.384. The van der Waals surface area contributed by atoms with Gasteiger partial charge in [-0.3, -0.25) is 19.8 Å². The van der Waals surface area contributed by atoms with Crippen LogP contribution in [0.3, 0.4) is 0 Å². The molecule has 2 aromatic rings. The molecule has 0 bridgehead atoms. The Morgan fingerprint density at radius 3 is 2.65 bits per heavy atom. The summed E-state index contributed by atoms with van der Waals surface area (Å²) in [5.74, 6) is -1.13. The fourth-order valence-corrected chi connectivity index (χ4v) is 5.05. The third-order valence-corrected chi connectivity index (χ3v) is 6.66. The van der Waals surface area contributed by atoms with Gasteiger partial charge in [0.2, 0.25) is 0 Å². The summed E-state index contributed by atoms with van der Waals surface area (Å²) in [4.78, 5) is 54.9. The quantitative estimate of drug-likeness (QED) is 0.187. The lowest BCUT2D eigenvalue weighted by atomic mass is 9.83. The maximum Gasteiger partial charge on any atom is 0.408 e. The number of non-ortho nitro benzene ring substituents is 1. The van der Waals surface area contributed by atoms with Crippen molar-refractivity contribution in [3.05, 3.63) is 63.8 Å². The van der Waals surface area contributed by atoms with E-state index in [4.69, 9.17) is 9.47 Å². The van der Waals surface area contributed by atoms with Gasteiger partial charge in [-0.25, -0.2) is 14.6 Å². The van der Waals surface area contributed by atoms with Crippen molar-refractivity contribution in [2.45, 2.75) is 51.3 Å². The van der Waals surface area contributed by atoms with Gasteiger partial charge >= 0.3 is 12.1 Å². The van der Waals surface area contributed by atoms with Crippen LogP contribution in [0, 0.1) is 10.1 Å². The van der Waals surface area contributed by atoms with Crippen molar-refractivity contribution in [2.24, 2.45) is 0 Å². The molecule has 2 aliphatic rings. The van der Waals surface area contributed by atoms with Crippen molar-refractivity contribution in [3.63, 3.8) is 0 Å². The van der Waals surface area contributed by atoms with Crippen LogP contribution in [0.4, 0.5) is 10.5 Å². The van der Waals surface area contributed by atoms with Crippen LogP contribution in [0.5, 0.6) is 0 Å². The molecule has 0 aliphatic carbocycles. The van der Waals surface area contributed by atoms with E-state index >= 15 is 0 Å². The van der Waals surface area contributed by atoms with Crippen molar-refractivity contribution in [1.29, 1.82) is 0 Å². The van der Waals surface area contributed by atoms with Gasteiger partial charge in [0.05, 0.1) is 16.7 Å². The Bertz CT molecular complexity index is 1290. The van der Waals surface area contributed by atoms with E-state index in [1.54, 1.807) is 38.3 Å². The molecule has 3 heterocycles. The second kappa shape index (κ2) is 10.1. The van der Waals surface area contributed by atoms with Crippen LogP contribution in [-0.4, -0.2) is 57.1 Å². The standard InChI is InChI=1S/C25H26N4O7S/c1-5-12-35-23(31)20-16(17-13-37-21(26-17)14-6-8-15(9-7-14)29(33)34)10-11-18-19(22(30)28(18)20)27-24(32)36-25(2,3)4/h5-9,13,18-19H,1,10-12H2,2-4H3,(H,27,32)/t18-,19+/m1/s1. The van der Waals surface area contributed by atoms with Gasteiger partial charge in [-0.1, -0.05) is 12.7 Å². The minimum atomic E-state index is -0.815. The number of rotatable bonds is 7. The number of fused-ring (bicyclic) bond motifs is 1. The topological polar surface area (TPSA) is 141 Å². The van der Waals surface area contributed by atoms with E-state index in [-0.39, 0.29) is 18.0 Å². The first-order valence-corrected chi connectivity index (χ1v) is 12.4. The van der Waals surface area contributed by atoms with Crippen molar-refractivity contribution in [1.82, 2.24) is 15.2 Å². The Hall–Kier alpha value is -4.06. The molecule has 1 N–H and O–H groups in total. The van der Waals surface area contributed by atoms with Crippen molar-refractivity contribution >= 4 is 40.6 Å². The maximum absolute atomic E-state index is 13.1. The number of alkyl carbamates (subject to hydrolysis) is 1. The smallest absolute Gasteiger partial charge is 0.408 e. The fraction of sp³-hybridized carbons (Fsp3) is 0.360. The molecule has 2 aliphatic heterocycles. The summed E-state index contributed by atoms with van der Waals surface area (Å²) in [6.45, 7) is 8.70. The van der Waals surface area contributed by atoms with Crippen molar-refractivity contribution < 1.29 is 28.8 Å². The first-order valence-electron chi connectivity index (χ1n) is 11.5. The molecule has 4 rings (SSSR count). The molecule has 37 heavy (non-hydrogen) atoms. The third kappa shape index (κ3) is 5.38. The zero-order valence-electron chi connectivity index (χ0n) is 20.6. The normalized spacial score (nSPS) is 19.0. The number of nitrogens with zero attached hydrogens (tertiary/aromatic N) is 3. The largest absolute Gasteiger partial charge is 0.457 e. The predicted octanol–water partition coefficient (Wildman–Crippen LogP) is 4.06. The number of β-lactam (4-membered cyclic amide) rings is 1. The number of nitrogens with one attached hydrogen (secondary N) is 1. The summed E-state index contributed by atoms with van der Waals surface area (Å²) < 4.78 is 10.6. The van der Waals surface area contributed by atoms with E-state index < -0.39 is 40.6 Å². The van der Waals surface area contributed by atoms with Gasteiger partial charge in [-0.05, 0) is 45.7 Å². The molecule has 0 spiro atoms. The monoisotopic (exact) mass is 526 g/mol. The van der Waals surface area contributed by atoms with Gasteiger partial charge in [-0.15, -0.1) is 11.3 Å². The Kier molecular flexibility index (Phi) is 7.12. The van der Waals surface area contributed by atoms with Crippen LogP contribution in [0.1, 0.15) is 39.3 Å². The maximum atomic E-state index is 13.1. The number of amides is 2. The van der Waals surface area contributed by atoms with E-state index in [1.165, 1.54) is 34.4 Å². The molecule has 194 valence electrons. The molecule has 1 aromatic heterocycles. The van der Waals surface area contributed by atoms with E-state index in [9.17, 15) is 24.5 Å². The van der Waals surface area contributed by atoms with E-state index in [0.717, 1.165) is 0 Å². The first kappa shape index (κ1) is 26.0. The van der Waals surface area contributed by atoms with Gasteiger partial charge in [0.1, 0.15) is 29.0 Å². The number of allylic oxidation sites excluding steroid dienone is 1.